The molecule has 4 aromatic rings. The Morgan fingerprint density at radius 2 is 2.00 bits per heavy atom. The molecule has 5 heterocycles. The zero-order valence-corrected chi connectivity index (χ0v) is 20.0. The first-order chi connectivity index (χ1) is 17.8. The second-order valence-electron chi connectivity index (χ2n) is 9.67. The third-order valence-corrected chi connectivity index (χ3v) is 7.14. The maximum absolute atomic E-state index is 13.6. The van der Waals surface area contributed by atoms with Crippen molar-refractivity contribution in [2.24, 2.45) is 0 Å². The van der Waals surface area contributed by atoms with Crippen LogP contribution in [-0.4, -0.2) is 56.4 Å². The van der Waals surface area contributed by atoms with Crippen molar-refractivity contribution in [3.05, 3.63) is 53.1 Å². The molecule has 37 heavy (non-hydrogen) atoms. The van der Waals surface area contributed by atoms with Crippen molar-refractivity contribution in [1.82, 2.24) is 19.3 Å². The first-order valence-corrected chi connectivity index (χ1v) is 12.4. The molecule has 2 aliphatic heterocycles. The highest BCUT2D eigenvalue weighted by Gasteiger charge is 2.31. The number of fused-ring (bicyclic) bond motifs is 3. The Balaban J connectivity index is 1.58. The standard InChI is InChI=1S/C26H26F3N5O3/c27-26(28,29)15-33-21-12-16(18-4-3-9-30-24(18)32-10-8-17(35)14-32)6-7-19(21)23-20(25(33)36)13-31-34(23)22-5-1-2-11-37-22/h3-4,6-7,9,12-13,17,22,35H,1-2,5,8,10-11,14-15H2. The van der Waals surface area contributed by atoms with Crippen LogP contribution >= 0.6 is 0 Å². The molecule has 0 spiro atoms. The van der Waals surface area contributed by atoms with E-state index in [2.05, 4.69) is 10.1 Å². The van der Waals surface area contributed by atoms with Gasteiger partial charge in [-0.15, -0.1) is 0 Å². The van der Waals surface area contributed by atoms with Gasteiger partial charge in [0.2, 0.25) is 0 Å². The van der Waals surface area contributed by atoms with Crippen molar-refractivity contribution in [2.75, 3.05) is 24.6 Å². The number of alkyl halides is 3. The number of aliphatic hydroxyl groups is 1. The summed E-state index contributed by atoms with van der Waals surface area (Å²) in [5.41, 5.74) is 1.25. The van der Waals surface area contributed by atoms with Crippen LogP contribution in [0.1, 0.15) is 31.9 Å². The second-order valence-corrected chi connectivity index (χ2v) is 9.67. The first kappa shape index (κ1) is 23.9. The van der Waals surface area contributed by atoms with E-state index in [9.17, 15) is 23.1 Å². The highest BCUT2D eigenvalue weighted by molar-refractivity contribution is 6.05. The molecule has 3 aromatic heterocycles. The fourth-order valence-corrected chi connectivity index (χ4v) is 5.44. The van der Waals surface area contributed by atoms with Crippen molar-refractivity contribution in [3.63, 3.8) is 0 Å². The van der Waals surface area contributed by atoms with Crippen molar-refractivity contribution in [2.45, 2.75) is 50.7 Å². The maximum Gasteiger partial charge on any atom is 0.406 e. The average Bonchev–Trinajstić information content (AvgIpc) is 3.53. The Hall–Kier alpha value is -3.44. The maximum atomic E-state index is 13.6. The van der Waals surface area contributed by atoms with Crippen LogP contribution in [0.2, 0.25) is 0 Å². The van der Waals surface area contributed by atoms with Gasteiger partial charge in [0.15, 0.2) is 6.23 Å². The monoisotopic (exact) mass is 513 g/mol. The fraction of sp³-hybridized carbons (Fsp3) is 0.423. The van der Waals surface area contributed by atoms with E-state index < -0.39 is 24.4 Å². The lowest BCUT2D eigenvalue weighted by Crippen LogP contribution is -2.29. The number of β-amino-alcohol motifs (C(OH)–C–C–N with tert-alkyl or cyclic N) is 1. The van der Waals surface area contributed by atoms with Gasteiger partial charge < -0.3 is 14.7 Å². The number of pyridine rings is 2. The SMILES string of the molecule is O=c1c2cnn(C3CCCCO3)c2c2ccc(-c3cccnc3N3CCC(O)C3)cc2n1CC(F)(F)F. The second kappa shape index (κ2) is 9.14. The molecule has 11 heteroatoms. The summed E-state index contributed by atoms with van der Waals surface area (Å²) in [7, 11) is 0. The molecule has 2 fully saturated rings. The summed E-state index contributed by atoms with van der Waals surface area (Å²) in [5.74, 6) is 0.643. The van der Waals surface area contributed by atoms with Crippen molar-refractivity contribution in [3.8, 4) is 11.1 Å². The molecule has 2 aliphatic rings. The van der Waals surface area contributed by atoms with Gasteiger partial charge in [0.1, 0.15) is 12.4 Å². The van der Waals surface area contributed by atoms with Gasteiger partial charge in [-0.05, 0) is 49.4 Å². The van der Waals surface area contributed by atoms with Crippen LogP contribution < -0.4 is 10.5 Å². The summed E-state index contributed by atoms with van der Waals surface area (Å²) in [6.07, 6.45) is 0.761. The fourth-order valence-electron chi connectivity index (χ4n) is 5.44. The molecule has 2 saturated heterocycles. The highest BCUT2D eigenvalue weighted by Crippen LogP contribution is 2.36. The zero-order chi connectivity index (χ0) is 25.7. The largest absolute Gasteiger partial charge is 0.406 e. The number of aliphatic hydroxyl groups excluding tert-OH is 1. The number of nitrogens with zero attached hydrogens (tertiary/aromatic N) is 5. The van der Waals surface area contributed by atoms with Gasteiger partial charge in [-0.3, -0.25) is 9.36 Å². The molecule has 2 unspecified atom stereocenters. The first-order valence-electron chi connectivity index (χ1n) is 12.4. The minimum absolute atomic E-state index is 0.131. The Kier molecular flexibility index (Phi) is 5.91. The van der Waals surface area contributed by atoms with E-state index in [1.54, 1.807) is 29.1 Å². The van der Waals surface area contributed by atoms with Crippen LogP contribution in [0.4, 0.5) is 19.0 Å². The number of ether oxygens (including phenoxy) is 1. The minimum Gasteiger partial charge on any atom is -0.391 e. The number of benzene rings is 1. The summed E-state index contributed by atoms with van der Waals surface area (Å²) in [6.45, 7) is 0.204. The normalized spacial score (nSPS) is 20.8. The van der Waals surface area contributed by atoms with Gasteiger partial charge in [0.05, 0.1) is 28.7 Å². The number of anilines is 1. The minimum atomic E-state index is -4.59. The van der Waals surface area contributed by atoms with Crippen LogP contribution in [0.3, 0.4) is 0 Å². The molecule has 8 nitrogen and oxygen atoms in total. The molecule has 0 amide bonds. The van der Waals surface area contributed by atoms with E-state index >= 15 is 0 Å². The summed E-state index contributed by atoms with van der Waals surface area (Å²) < 4.78 is 49.2. The number of aromatic nitrogens is 4. The van der Waals surface area contributed by atoms with Crippen LogP contribution in [-0.2, 0) is 11.3 Å². The van der Waals surface area contributed by atoms with Gasteiger partial charge in [-0.25, -0.2) is 9.67 Å². The molecule has 1 aromatic carbocycles. The molecule has 6 rings (SSSR count). The van der Waals surface area contributed by atoms with Gasteiger partial charge in [0.25, 0.3) is 5.56 Å². The highest BCUT2D eigenvalue weighted by atomic mass is 19.4. The zero-order valence-electron chi connectivity index (χ0n) is 20.0. The lowest BCUT2D eigenvalue weighted by molar-refractivity contribution is -0.140. The molecule has 2 atom stereocenters. The molecule has 0 aliphatic carbocycles. The molecule has 194 valence electrons. The van der Waals surface area contributed by atoms with E-state index in [1.807, 2.05) is 17.0 Å². The summed E-state index contributed by atoms with van der Waals surface area (Å²) in [4.78, 5) is 19.9. The molecule has 0 saturated carbocycles. The van der Waals surface area contributed by atoms with Gasteiger partial charge >= 0.3 is 6.18 Å². The Morgan fingerprint density at radius 3 is 2.73 bits per heavy atom. The smallest absolute Gasteiger partial charge is 0.391 e. The third kappa shape index (κ3) is 4.36. The predicted molar refractivity (Wildman–Crippen MR) is 132 cm³/mol. The molecule has 0 radical (unpaired) electrons. The van der Waals surface area contributed by atoms with E-state index in [-0.39, 0.29) is 17.1 Å². The van der Waals surface area contributed by atoms with Crippen LogP contribution in [0.25, 0.3) is 32.9 Å². The van der Waals surface area contributed by atoms with E-state index in [0.717, 1.165) is 17.4 Å². The Morgan fingerprint density at radius 1 is 1.14 bits per heavy atom. The molecular weight excluding hydrogens is 487 g/mol. The lowest BCUT2D eigenvalue weighted by atomic mass is 10.0. The number of halogens is 3. The number of hydrogen-bond donors (Lipinski definition) is 1. The quantitative estimate of drug-likeness (QED) is 0.439. The Bertz CT molecular complexity index is 1520. The predicted octanol–water partition coefficient (Wildman–Crippen LogP) is 4.25. The van der Waals surface area contributed by atoms with Crippen molar-refractivity contribution in [1.29, 1.82) is 0 Å². The molecular formula is C26H26F3N5O3. The van der Waals surface area contributed by atoms with Gasteiger partial charge in [-0.1, -0.05) is 12.1 Å². The Labute approximate surface area is 209 Å². The average molecular weight is 514 g/mol. The van der Waals surface area contributed by atoms with Crippen LogP contribution in [0.15, 0.2) is 47.5 Å². The molecule has 1 N–H and O–H groups in total. The summed E-state index contributed by atoms with van der Waals surface area (Å²) >= 11 is 0. The van der Waals surface area contributed by atoms with Gasteiger partial charge in [-0.2, -0.15) is 18.3 Å². The van der Waals surface area contributed by atoms with Crippen molar-refractivity contribution >= 4 is 27.6 Å². The summed E-state index contributed by atoms with van der Waals surface area (Å²) in [5, 5.41) is 15.0. The molecule has 0 bridgehead atoms. The number of rotatable bonds is 4. The topological polar surface area (TPSA) is 85.4 Å². The lowest BCUT2D eigenvalue weighted by Gasteiger charge is -2.24. The summed E-state index contributed by atoms with van der Waals surface area (Å²) in [6, 6.07) is 8.80. The van der Waals surface area contributed by atoms with Crippen LogP contribution in [0, 0.1) is 0 Å². The van der Waals surface area contributed by atoms with Crippen molar-refractivity contribution < 1.29 is 23.0 Å². The van der Waals surface area contributed by atoms with E-state index in [0.29, 0.717) is 60.4 Å². The van der Waals surface area contributed by atoms with E-state index in [1.165, 1.54) is 6.20 Å². The van der Waals surface area contributed by atoms with E-state index in [4.69, 9.17) is 4.74 Å². The third-order valence-electron chi connectivity index (χ3n) is 7.14. The van der Waals surface area contributed by atoms with Gasteiger partial charge in [0, 0.05) is 36.8 Å². The number of hydrogen-bond acceptors (Lipinski definition) is 6. The van der Waals surface area contributed by atoms with Crippen LogP contribution in [0.5, 0.6) is 0 Å².